The summed E-state index contributed by atoms with van der Waals surface area (Å²) in [5, 5.41) is 14.9. The first-order valence-electron chi connectivity index (χ1n) is 12.0. The molecule has 3 N–H and O–H groups in total. The van der Waals surface area contributed by atoms with Gasteiger partial charge in [0.05, 0.1) is 6.61 Å². The maximum Gasteiger partial charge on any atom is 0.407 e. The first-order chi connectivity index (χ1) is 16.8. The van der Waals surface area contributed by atoms with Crippen LogP contribution in [-0.2, 0) is 19.1 Å². The van der Waals surface area contributed by atoms with Crippen LogP contribution in [0.15, 0.2) is 48.5 Å². The van der Waals surface area contributed by atoms with E-state index >= 15 is 0 Å². The van der Waals surface area contributed by atoms with Crippen molar-refractivity contribution in [2.45, 2.75) is 50.1 Å². The Kier molecular flexibility index (Phi) is 7.40. The standard InChI is InChI=1S/C27H32N2O6/c1-27(16-34-2,25(31)32)29-24(30)14-17-11-12-18(13-17)28-26(33)35-15-23-21-9-5-3-7-19(21)20-8-4-6-10-22(20)23/h3-10,17-18,23H,11-16H2,1-2H3,(H,28,33)(H,29,30)(H,31,32). The summed E-state index contributed by atoms with van der Waals surface area (Å²) in [4.78, 5) is 36.5. The second kappa shape index (κ2) is 10.5. The Hall–Kier alpha value is -3.39. The molecule has 0 spiro atoms. The Bertz CT molecular complexity index is 1060. The van der Waals surface area contributed by atoms with Crippen molar-refractivity contribution >= 4 is 18.0 Å². The molecule has 1 fully saturated rings. The number of methoxy groups -OCH3 is 1. The van der Waals surface area contributed by atoms with Crippen LogP contribution >= 0.6 is 0 Å². The zero-order chi connectivity index (χ0) is 25.0. The molecule has 2 aliphatic rings. The smallest absolute Gasteiger partial charge is 0.407 e. The average Bonchev–Trinajstić information content (AvgIpc) is 3.39. The summed E-state index contributed by atoms with van der Waals surface area (Å²) < 4.78 is 10.6. The van der Waals surface area contributed by atoms with Gasteiger partial charge >= 0.3 is 12.1 Å². The summed E-state index contributed by atoms with van der Waals surface area (Å²) >= 11 is 0. The molecule has 0 heterocycles. The van der Waals surface area contributed by atoms with Crippen molar-refractivity contribution in [1.82, 2.24) is 10.6 Å². The summed E-state index contributed by atoms with van der Waals surface area (Å²) in [7, 11) is 1.39. The van der Waals surface area contributed by atoms with Crippen LogP contribution in [0.3, 0.4) is 0 Å². The van der Waals surface area contributed by atoms with Gasteiger partial charge in [0.1, 0.15) is 6.61 Å². The lowest BCUT2D eigenvalue weighted by Crippen LogP contribution is -2.55. The fraction of sp³-hybridized carbons (Fsp3) is 0.444. The number of nitrogens with one attached hydrogen (secondary N) is 2. The lowest BCUT2D eigenvalue weighted by molar-refractivity contribution is -0.149. The minimum atomic E-state index is -1.47. The van der Waals surface area contributed by atoms with E-state index in [-0.39, 0.29) is 43.4 Å². The minimum Gasteiger partial charge on any atom is -0.479 e. The predicted octanol–water partition coefficient (Wildman–Crippen LogP) is 3.69. The monoisotopic (exact) mass is 480 g/mol. The Labute approximate surface area is 205 Å². The van der Waals surface area contributed by atoms with E-state index in [2.05, 4.69) is 34.9 Å². The lowest BCUT2D eigenvalue weighted by atomic mass is 9.98. The number of carbonyl (C=O) groups is 3. The summed E-state index contributed by atoms with van der Waals surface area (Å²) in [6.45, 7) is 1.56. The molecule has 8 heteroatoms. The normalized spacial score (nSPS) is 20.4. The molecule has 35 heavy (non-hydrogen) atoms. The second-order valence-electron chi connectivity index (χ2n) is 9.67. The largest absolute Gasteiger partial charge is 0.479 e. The highest BCUT2D eigenvalue weighted by Gasteiger charge is 2.36. The second-order valence-corrected chi connectivity index (χ2v) is 9.67. The maximum atomic E-state index is 12.6. The molecule has 2 aliphatic carbocycles. The van der Waals surface area contributed by atoms with Crippen molar-refractivity contribution < 1.29 is 29.0 Å². The van der Waals surface area contributed by atoms with E-state index in [4.69, 9.17) is 9.47 Å². The quantitative estimate of drug-likeness (QED) is 0.504. The van der Waals surface area contributed by atoms with E-state index < -0.39 is 17.6 Å². The van der Waals surface area contributed by atoms with Gasteiger partial charge in [0.25, 0.3) is 0 Å². The number of benzene rings is 2. The molecule has 0 aliphatic heterocycles. The van der Waals surface area contributed by atoms with Crippen LogP contribution in [0.2, 0.25) is 0 Å². The number of hydrogen-bond donors (Lipinski definition) is 3. The van der Waals surface area contributed by atoms with Crippen LogP contribution in [0.4, 0.5) is 4.79 Å². The molecule has 2 aromatic carbocycles. The molecule has 2 amide bonds. The fourth-order valence-corrected chi connectivity index (χ4v) is 5.26. The van der Waals surface area contributed by atoms with E-state index in [0.717, 1.165) is 24.0 Å². The van der Waals surface area contributed by atoms with Crippen molar-refractivity contribution in [3.05, 3.63) is 59.7 Å². The van der Waals surface area contributed by atoms with E-state index in [9.17, 15) is 19.5 Å². The van der Waals surface area contributed by atoms with E-state index in [1.807, 2.05) is 24.3 Å². The molecule has 0 saturated heterocycles. The third-order valence-electron chi connectivity index (χ3n) is 7.00. The number of carbonyl (C=O) groups excluding carboxylic acids is 2. The average molecular weight is 481 g/mol. The lowest BCUT2D eigenvalue weighted by Gasteiger charge is -2.26. The third-order valence-corrected chi connectivity index (χ3v) is 7.00. The van der Waals surface area contributed by atoms with E-state index in [1.54, 1.807) is 0 Å². The summed E-state index contributed by atoms with van der Waals surface area (Å²) in [5.74, 6) is -1.41. The number of hydrogen-bond acceptors (Lipinski definition) is 5. The van der Waals surface area contributed by atoms with Gasteiger partial charge in [0.2, 0.25) is 5.91 Å². The fourth-order valence-electron chi connectivity index (χ4n) is 5.26. The number of amides is 2. The number of rotatable bonds is 9. The SMILES string of the molecule is COCC(C)(NC(=O)CC1CCC(NC(=O)OCC2c3ccccc3-c3ccccc32)C1)C(=O)O. The predicted molar refractivity (Wildman–Crippen MR) is 130 cm³/mol. The molecule has 0 aromatic heterocycles. The van der Waals surface area contributed by atoms with Crippen LogP contribution in [-0.4, -0.2) is 55.0 Å². The highest BCUT2D eigenvalue weighted by Crippen LogP contribution is 2.44. The number of alkyl carbamates (subject to hydrolysis) is 1. The van der Waals surface area contributed by atoms with Crippen molar-refractivity contribution in [3.8, 4) is 11.1 Å². The topological polar surface area (TPSA) is 114 Å². The van der Waals surface area contributed by atoms with E-state index in [0.29, 0.717) is 6.42 Å². The Balaban J connectivity index is 1.26. The van der Waals surface area contributed by atoms with Gasteiger partial charge in [0.15, 0.2) is 5.54 Å². The molecular formula is C27H32N2O6. The zero-order valence-corrected chi connectivity index (χ0v) is 20.1. The molecule has 3 unspecified atom stereocenters. The van der Waals surface area contributed by atoms with Crippen LogP contribution < -0.4 is 10.6 Å². The van der Waals surface area contributed by atoms with Crippen LogP contribution in [0.25, 0.3) is 11.1 Å². The molecule has 0 radical (unpaired) electrons. The number of ether oxygens (including phenoxy) is 2. The summed E-state index contributed by atoms with van der Waals surface area (Å²) in [6, 6.07) is 16.3. The van der Waals surface area contributed by atoms with Crippen molar-refractivity contribution in [2.24, 2.45) is 5.92 Å². The van der Waals surface area contributed by atoms with Crippen LogP contribution in [0.5, 0.6) is 0 Å². The highest BCUT2D eigenvalue weighted by molar-refractivity contribution is 5.87. The molecule has 186 valence electrons. The Morgan fingerprint density at radius 2 is 1.66 bits per heavy atom. The number of carboxylic acid groups (broad SMARTS) is 1. The number of aliphatic carboxylic acids is 1. The molecule has 8 nitrogen and oxygen atoms in total. The first kappa shape index (κ1) is 24.7. The first-order valence-corrected chi connectivity index (χ1v) is 12.0. The van der Waals surface area contributed by atoms with Crippen LogP contribution in [0.1, 0.15) is 49.7 Å². The molecule has 3 atom stereocenters. The molecular weight excluding hydrogens is 448 g/mol. The van der Waals surface area contributed by atoms with Gasteiger partial charge in [-0.2, -0.15) is 0 Å². The van der Waals surface area contributed by atoms with Crippen LogP contribution in [0, 0.1) is 5.92 Å². The number of carboxylic acids is 1. The van der Waals surface area contributed by atoms with Crippen molar-refractivity contribution in [1.29, 1.82) is 0 Å². The van der Waals surface area contributed by atoms with E-state index in [1.165, 1.54) is 25.2 Å². The van der Waals surface area contributed by atoms with Gasteiger partial charge < -0.3 is 25.2 Å². The summed E-state index contributed by atoms with van der Waals surface area (Å²) in [6.07, 6.45) is 1.91. The van der Waals surface area contributed by atoms with Gasteiger partial charge in [-0.1, -0.05) is 48.5 Å². The number of fused-ring (bicyclic) bond motifs is 3. The van der Waals surface area contributed by atoms with Gasteiger partial charge in [-0.05, 0) is 54.4 Å². The minimum absolute atomic E-state index is 0.00354. The van der Waals surface area contributed by atoms with Gasteiger partial charge in [-0.3, -0.25) is 4.79 Å². The summed E-state index contributed by atoms with van der Waals surface area (Å²) in [5.41, 5.74) is 3.21. The van der Waals surface area contributed by atoms with Gasteiger partial charge in [-0.25, -0.2) is 9.59 Å². The highest BCUT2D eigenvalue weighted by atomic mass is 16.5. The molecule has 0 bridgehead atoms. The molecule has 4 rings (SSSR count). The molecule has 2 aromatic rings. The zero-order valence-electron chi connectivity index (χ0n) is 20.1. The van der Waals surface area contributed by atoms with Crippen molar-refractivity contribution in [2.75, 3.05) is 20.3 Å². The van der Waals surface area contributed by atoms with Crippen molar-refractivity contribution in [3.63, 3.8) is 0 Å². The third kappa shape index (κ3) is 5.48. The van der Waals surface area contributed by atoms with Gasteiger partial charge in [-0.15, -0.1) is 0 Å². The van der Waals surface area contributed by atoms with Gasteiger partial charge in [0, 0.05) is 25.5 Å². The Morgan fingerprint density at radius 1 is 1.03 bits per heavy atom. The Morgan fingerprint density at radius 3 is 2.26 bits per heavy atom. The maximum absolute atomic E-state index is 12.6. The molecule has 1 saturated carbocycles.